The van der Waals surface area contributed by atoms with Crippen LogP contribution in [-0.4, -0.2) is 82.9 Å². The summed E-state index contributed by atoms with van der Waals surface area (Å²) < 4.78 is 10.9. The number of hydrogen-bond acceptors (Lipinski definition) is 6. The topological polar surface area (TPSA) is 83.1 Å². The Morgan fingerprint density at radius 3 is 2.41 bits per heavy atom. The van der Waals surface area contributed by atoms with Crippen LogP contribution in [0.1, 0.15) is 24.4 Å². The molecule has 2 fully saturated rings. The Bertz CT molecular complexity index is 668. The Kier molecular flexibility index (Phi) is 7.85. The summed E-state index contributed by atoms with van der Waals surface area (Å²) in [5.74, 6) is -1.21. The molecule has 2 heterocycles. The molecule has 0 spiro atoms. The number of morpholine rings is 1. The van der Waals surface area contributed by atoms with E-state index in [4.69, 9.17) is 9.47 Å². The van der Waals surface area contributed by atoms with Crippen molar-refractivity contribution in [2.75, 3.05) is 65.0 Å². The predicted octanol–water partition coefficient (Wildman–Crippen LogP) is 0.537. The third-order valence-electron chi connectivity index (χ3n) is 5.46. The zero-order valence-corrected chi connectivity index (χ0v) is 17.4. The Labute approximate surface area is 172 Å². The van der Waals surface area contributed by atoms with Crippen molar-refractivity contribution in [1.82, 2.24) is 15.5 Å². The van der Waals surface area contributed by atoms with Crippen LogP contribution in [0.25, 0.3) is 0 Å². The van der Waals surface area contributed by atoms with Crippen molar-refractivity contribution in [3.63, 3.8) is 0 Å². The van der Waals surface area contributed by atoms with Gasteiger partial charge in [0.1, 0.15) is 0 Å². The lowest BCUT2D eigenvalue weighted by molar-refractivity contribution is -0.139. The molecule has 8 heteroatoms. The minimum absolute atomic E-state index is 0.00923. The molecule has 8 nitrogen and oxygen atoms in total. The fraction of sp³-hybridized carbons (Fsp3) is 0.619. The molecule has 1 aromatic carbocycles. The van der Waals surface area contributed by atoms with Crippen LogP contribution in [-0.2, 0) is 19.1 Å². The number of rotatable bonds is 7. The van der Waals surface area contributed by atoms with Crippen LogP contribution in [0.4, 0.5) is 5.69 Å². The van der Waals surface area contributed by atoms with Crippen molar-refractivity contribution in [3.8, 4) is 0 Å². The quantitative estimate of drug-likeness (QED) is 0.646. The highest BCUT2D eigenvalue weighted by Crippen LogP contribution is 2.23. The molecule has 0 aliphatic carbocycles. The molecule has 3 rings (SSSR count). The first-order valence-electron chi connectivity index (χ1n) is 10.3. The number of nitrogens with one attached hydrogen (secondary N) is 2. The molecule has 2 atom stereocenters. The molecule has 2 N–H and O–H groups in total. The lowest BCUT2D eigenvalue weighted by Gasteiger charge is -2.35. The minimum Gasteiger partial charge on any atom is -0.379 e. The van der Waals surface area contributed by atoms with Crippen molar-refractivity contribution in [1.29, 1.82) is 0 Å². The summed E-state index contributed by atoms with van der Waals surface area (Å²) in [5, 5.41) is 5.48. The molecule has 2 aliphatic rings. The van der Waals surface area contributed by atoms with Crippen LogP contribution in [0, 0.1) is 0 Å². The van der Waals surface area contributed by atoms with Gasteiger partial charge in [-0.1, -0.05) is 12.1 Å². The van der Waals surface area contributed by atoms with Gasteiger partial charge in [-0.05, 0) is 30.5 Å². The average molecular weight is 405 g/mol. The molecule has 0 aromatic heterocycles. The third kappa shape index (κ3) is 6.16. The fourth-order valence-electron chi connectivity index (χ4n) is 3.70. The van der Waals surface area contributed by atoms with Gasteiger partial charge in [0, 0.05) is 52.6 Å². The van der Waals surface area contributed by atoms with Crippen LogP contribution in [0.15, 0.2) is 24.3 Å². The van der Waals surface area contributed by atoms with Gasteiger partial charge in [0.05, 0.1) is 25.4 Å². The second-order valence-electron chi connectivity index (χ2n) is 7.71. The van der Waals surface area contributed by atoms with E-state index >= 15 is 0 Å². The molecule has 0 bridgehead atoms. The van der Waals surface area contributed by atoms with E-state index in [-0.39, 0.29) is 12.1 Å². The van der Waals surface area contributed by atoms with Gasteiger partial charge in [-0.3, -0.25) is 14.5 Å². The number of carbonyl (C=O) groups is 2. The van der Waals surface area contributed by atoms with Gasteiger partial charge in [0.15, 0.2) is 0 Å². The summed E-state index contributed by atoms with van der Waals surface area (Å²) in [6, 6.07) is 8.29. The first-order valence-corrected chi connectivity index (χ1v) is 10.3. The second-order valence-corrected chi connectivity index (χ2v) is 7.71. The number of anilines is 1. The molecule has 0 radical (unpaired) electrons. The summed E-state index contributed by atoms with van der Waals surface area (Å²) in [6.07, 6.45) is 1.94. The van der Waals surface area contributed by atoms with E-state index in [0.717, 1.165) is 43.8 Å². The molecule has 2 amide bonds. The van der Waals surface area contributed by atoms with Crippen molar-refractivity contribution >= 4 is 17.5 Å². The number of ether oxygens (including phenoxy) is 2. The smallest absolute Gasteiger partial charge is 0.309 e. The van der Waals surface area contributed by atoms with Gasteiger partial charge in [0.2, 0.25) is 0 Å². The Morgan fingerprint density at radius 1 is 1.10 bits per heavy atom. The summed E-state index contributed by atoms with van der Waals surface area (Å²) >= 11 is 0. The largest absolute Gasteiger partial charge is 0.379 e. The van der Waals surface area contributed by atoms with Crippen LogP contribution >= 0.6 is 0 Å². The highest BCUT2D eigenvalue weighted by Gasteiger charge is 2.25. The number of hydrogen-bond donors (Lipinski definition) is 2. The van der Waals surface area contributed by atoms with Crippen LogP contribution < -0.4 is 15.5 Å². The van der Waals surface area contributed by atoms with E-state index < -0.39 is 11.8 Å². The van der Waals surface area contributed by atoms with Crippen LogP contribution in [0.2, 0.25) is 0 Å². The third-order valence-corrected chi connectivity index (χ3v) is 5.46. The zero-order chi connectivity index (χ0) is 20.6. The van der Waals surface area contributed by atoms with E-state index in [9.17, 15) is 9.59 Å². The van der Waals surface area contributed by atoms with Crippen molar-refractivity contribution < 1.29 is 19.1 Å². The van der Waals surface area contributed by atoms with E-state index in [1.807, 2.05) is 19.0 Å². The lowest BCUT2D eigenvalue weighted by atomic mass is 10.0. The summed E-state index contributed by atoms with van der Waals surface area (Å²) in [7, 11) is 4.01. The van der Waals surface area contributed by atoms with Gasteiger partial charge in [0.25, 0.3) is 0 Å². The van der Waals surface area contributed by atoms with Gasteiger partial charge in [-0.2, -0.15) is 0 Å². The molecule has 1 aromatic rings. The van der Waals surface area contributed by atoms with E-state index in [1.165, 1.54) is 0 Å². The summed E-state index contributed by atoms with van der Waals surface area (Å²) in [6.45, 7) is 4.39. The monoisotopic (exact) mass is 404 g/mol. The van der Waals surface area contributed by atoms with Gasteiger partial charge < -0.3 is 25.0 Å². The molecular weight excluding hydrogens is 372 g/mol. The number of carbonyl (C=O) groups excluding carboxylic acids is 2. The van der Waals surface area contributed by atoms with Crippen molar-refractivity contribution in [2.24, 2.45) is 0 Å². The normalized spacial score (nSPS) is 20.8. The van der Waals surface area contributed by atoms with Gasteiger partial charge >= 0.3 is 11.8 Å². The molecule has 0 saturated carbocycles. The molecule has 2 aliphatic heterocycles. The van der Waals surface area contributed by atoms with E-state index in [2.05, 4.69) is 39.8 Å². The van der Waals surface area contributed by atoms with Gasteiger partial charge in [-0.25, -0.2) is 0 Å². The van der Waals surface area contributed by atoms with E-state index in [0.29, 0.717) is 26.3 Å². The van der Waals surface area contributed by atoms with E-state index in [1.54, 1.807) is 0 Å². The SMILES string of the molecule is CN(C)c1ccc([C@H](CNC(=O)C(=O)NC[C@@H]2CCCO2)N2CCOCC2)cc1. The standard InChI is InChI=1S/C21H32N4O4/c1-24(2)17-7-5-16(6-8-17)19(25-9-12-28-13-10-25)15-23-21(27)20(26)22-14-18-4-3-11-29-18/h5-8,18-19H,3-4,9-15H2,1-2H3,(H,22,26)(H,23,27)/t18-,19-/m0/s1. The lowest BCUT2D eigenvalue weighted by Crippen LogP contribution is -2.47. The van der Waals surface area contributed by atoms with Crippen molar-refractivity contribution in [3.05, 3.63) is 29.8 Å². The van der Waals surface area contributed by atoms with Crippen LogP contribution in [0.3, 0.4) is 0 Å². The number of amides is 2. The predicted molar refractivity (Wildman–Crippen MR) is 111 cm³/mol. The highest BCUT2D eigenvalue weighted by atomic mass is 16.5. The molecule has 2 saturated heterocycles. The molecule has 0 unspecified atom stereocenters. The maximum atomic E-state index is 12.3. The Hall–Kier alpha value is -2.16. The van der Waals surface area contributed by atoms with Crippen LogP contribution in [0.5, 0.6) is 0 Å². The van der Waals surface area contributed by atoms with Crippen molar-refractivity contribution in [2.45, 2.75) is 25.0 Å². The maximum Gasteiger partial charge on any atom is 0.309 e. The Morgan fingerprint density at radius 2 is 1.79 bits per heavy atom. The zero-order valence-electron chi connectivity index (χ0n) is 17.4. The molecule has 160 valence electrons. The molecular formula is C21H32N4O4. The first kappa shape index (κ1) is 21.5. The number of nitrogens with zero attached hydrogens (tertiary/aromatic N) is 2. The first-order chi connectivity index (χ1) is 14.0. The summed E-state index contributed by atoms with van der Waals surface area (Å²) in [4.78, 5) is 28.8. The average Bonchev–Trinajstić information content (AvgIpc) is 3.27. The second kappa shape index (κ2) is 10.6. The fourth-order valence-corrected chi connectivity index (χ4v) is 3.70. The number of benzene rings is 1. The highest BCUT2D eigenvalue weighted by molar-refractivity contribution is 6.35. The minimum atomic E-state index is -0.607. The summed E-state index contributed by atoms with van der Waals surface area (Å²) in [5.41, 5.74) is 2.23. The van der Waals surface area contributed by atoms with Gasteiger partial charge in [-0.15, -0.1) is 0 Å². The Balaban J connectivity index is 1.58. The molecule has 29 heavy (non-hydrogen) atoms. The maximum absolute atomic E-state index is 12.3.